The minimum absolute atomic E-state index is 0.0700. The monoisotopic (exact) mass is 524 g/mol. The number of benzene rings is 1. The predicted octanol–water partition coefficient (Wildman–Crippen LogP) is 1.23. The number of nitrogens with zero attached hydrogens (tertiary/aromatic N) is 3. The van der Waals surface area contributed by atoms with E-state index >= 15 is 0 Å². The van der Waals surface area contributed by atoms with Gasteiger partial charge in [-0.15, -0.1) is 0 Å². The average Bonchev–Trinajstić information content (AvgIpc) is 3.71. The van der Waals surface area contributed by atoms with Gasteiger partial charge in [-0.05, 0) is 55.5 Å². The second kappa shape index (κ2) is 9.76. The maximum Gasteiger partial charge on any atom is 0.270 e. The number of aromatic nitrogens is 1. The van der Waals surface area contributed by atoms with E-state index in [4.69, 9.17) is 10.00 Å². The summed E-state index contributed by atoms with van der Waals surface area (Å²) in [6.45, 7) is 1.55. The van der Waals surface area contributed by atoms with E-state index in [2.05, 4.69) is 5.32 Å². The number of pyridine rings is 1. The van der Waals surface area contributed by atoms with Crippen molar-refractivity contribution in [2.75, 3.05) is 26.3 Å². The lowest BCUT2D eigenvalue weighted by molar-refractivity contribution is 0.0693. The first-order chi connectivity index (χ1) is 17.8. The lowest BCUT2D eigenvalue weighted by Crippen LogP contribution is -2.51. The molecule has 11 heteroatoms. The van der Waals surface area contributed by atoms with Crippen molar-refractivity contribution in [3.63, 3.8) is 0 Å². The minimum Gasteiger partial charge on any atom is -0.381 e. The average molecular weight is 525 g/mol. The Bertz CT molecular complexity index is 1430. The molecule has 194 valence electrons. The molecule has 2 aliphatic heterocycles. The fraction of sp³-hybridized carbons (Fsp3) is 0.462. The number of rotatable bonds is 7. The summed E-state index contributed by atoms with van der Waals surface area (Å²) in [6.07, 6.45) is 2.02. The van der Waals surface area contributed by atoms with Crippen molar-refractivity contribution in [1.29, 1.82) is 5.26 Å². The van der Waals surface area contributed by atoms with Gasteiger partial charge < -0.3 is 19.5 Å². The topological polar surface area (TPSA) is 139 Å². The molecule has 3 heterocycles. The van der Waals surface area contributed by atoms with Crippen LogP contribution in [-0.2, 0) is 27.7 Å². The van der Waals surface area contributed by atoms with E-state index in [1.54, 1.807) is 24.3 Å². The summed E-state index contributed by atoms with van der Waals surface area (Å²) < 4.78 is 32.4. The van der Waals surface area contributed by atoms with Crippen LogP contribution in [0.4, 0.5) is 0 Å². The summed E-state index contributed by atoms with van der Waals surface area (Å²) in [5, 5.41) is 11.2. The first-order valence-corrected chi connectivity index (χ1v) is 13.9. The van der Waals surface area contributed by atoms with Crippen molar-refractivity contribution in [3.8, 4) is 6.07 Å². The van der Waals surface area contributed by atoms with Crippen LogP contribution in [0.1, 0.15) is 57.7 Å². The Morgan fingerprint density at radius 2 is 1.78 bits per heavy atom. The zero-order valence-corrected chi connectivity index (χ0v) is 21.1. The first-order valence-electron chi connectivity index (χ1n) is 12.4. The molecule has 3 aliphatic rings. The lowest BCUT2D eigenvalue weighted by atomic mass is 10.1. The molecule has 1 saturated carbocycles. The van der Waals surface area contributed by atoms with E-state index in [0.717, 1.165) is 5.56 Å². The van der Waals surface area contributed by atoms with Gasteiger partial charge in [0.25, 0.3) is 17.4 Å². The highest BCUT2D eigenvalue weighted by Crippen LogP contribution is 2.47. The van der Waals surface area contributed by atoms with E-state index in [-0.39, 0.29) is 37.4 Å². The van der Waals surface area contributed by atoms with Gasteiger partial charge in [-0.3, -0.25) is 14.4 Å². The van der Waals surface area contributed by atoms with E-state index < -0.39 is 37.2 Å². The maximum atomic E-state index is 13.4. The lowest BCUT2D eigenvalue weighted by Gasteiger charge is -2.34. The zero-order valence-electron chi connectivity index (χ0n) is 20.3. The molecule has 0 unspecified atom stereocenters. The highest BCUT2D eigenvalue weighted by Gasteiger charge is 2.58. The standard InChI is InChI=1S/C26H28N4O6S/c27-15-18-1-3-19(4-2-18)16-28-23(31)21-5-6-22-25(33)29(11-12-30(22)24(21)32)17-26(9-10-26)37(34,35)20-7-13-36-14-8-20/h1-6,20H,7-14,16-17H2,(H,28,31). The molecular weight excluding hydrogens is 496 g/mol. The summed E-state index contributed by atoms with van der Waals surface area (Å²) in [5.41, 5.74) is 0.814. The van der Waals surface area contributed by atoms with Crippen LogP contribution in [0.3, 0.4) is 0 Å². The first kappa shape index (κ1) is 25.2. The van der Waals surface area contributed by atoms with Crippen LogP contribution < -0.4 is 10.9 Å². The molecule has 37 heavy (non-hydrogen) atoms. The molecule has 1 saturated heterocycles. The largest absolute Gasteiger partial charge is 0.381 e. The van der Waals surface area contributed by atoms with Gasteiger partial charge in [-0.1, -0.05) is 12.1 Å². The molecule has 10 nitrogen and oxygen atoms in total. The Balaban J connectivity index is 1.28. The van der Waals surface area contributed by atoms with Crippen molar-refractivity contribution >= 4 is 21.7 Å². The van der Waals surface area contributed by atoms with Crippen LogP contribution in [0.2, 0.25) is 0 Å². The van der Waals surface area contributed by atoms with Gasteiger partial charge >= 0.3 is 0 Å². The Labute approximate surface area is 214 Å². The molecule has 0 bridgehead atoms. The number of nitriles is 1. The molecule has 0 radical (unpaired) electrons. The third-order valence-corrected chi connectivity index (χ3v) is 10.6. The Kier molecular flexibility index (Phi) is 6.64. The molecule has 2 amide bonds. The number of fused-ring (bicyclic) bond motifs is 1. The van der Waals surface area contributed by atoms with Crippen molar-refractivity contribution < 1.29 is 22.7 Å². The number of carbonyl (C=O) groups is 2. The number of nitrogens with one attached hydrogen (secondary N) is 1. The third kappa shape index (κ3) is 4.67. The number of sulfone groups is 1. The second-order valence-corrected chi connectivity index (χ2v) is 12.5. The molecule has 1 aromatic carbocycles. The van der Waals surface area contributed by atoms with E-state index in [0.29, 0.717) is 44.5 Å². The molecule has 1 aromatic heterocycles. The molecule has 1 N–H and O–H groups in total. The minimum atomic E-state index is -3.42. The summed E-state index contributed by atoms with van der Waals surface area (Å²) in [7, 11) is -3.42. The van der Waals surface area contributed by atoms with Crippen LogP contribution in [-0.4, -0.2) is 66.0 Å². The van der Waals surface area contributed by atoms with Crippen LogP contribution in [0, 0.1) is 11.3 Å². The second-order valence-electron chi connectivity index (χ2n) is 9.85. The number of hydrogen-bond donors (Lipinski definition) is 1. The summed E-state index contributed by atoms with van der Waals surface area (Å²) in [4.78, 5) is 40.5. The number of hydrogen-bond acceptors (Lipinski definition) is 7. The maximum absolute atomic E-state index is 13.4. The molecule has 1 aliphatic carbocycles. The van der Waals surface area contributed by atoms with Crippen molar-refractivity contribution in [3.05, 3.63) is 69.1 Å². The van der Waals surface area contributed by atoms with Gasteiger partial charge in [0.05, 0.1) is 21.6 Å². The summed E-state index contributed by atoms with van der Waals surface area (Å²) >= 11 is 0. The predicted molar refractivity (Wildman–Crippen MR) is 134 cm³/mol. The number of amides is 2. The Morgan fingerprint density at radius 3 is 2.43 bits per heavy atom. The molecule has 2 fully saturated rings. The fourth-order valence-corrected chi connectivity index (χ4v) is 7.66. The molecule has 5 rings (SSSR count). The fourth-order valence-electron chi connectivity index (χ4n) is 5.13. The molecule has 0 spiro atoms. The van der Waals surface area contributed by atoms with Gasteiger partial charge in [0.2, 0.25) is 0 Å². The Morgan fingerprint density at radius 1 is 1.08 bits per heavy atom. The summed E-state index contributed by atoms with van der Waals surface area (Å²) in [5.74, 6) is -0.958. The van der Waals surface area contributed by atoms with Gasteiger partial charge in [-0.25, -0.2) is 8.42 Å². The molecule has 0 atom stereocenters. The molecule has 2 aromatic rings. The van der Waals surface area contributed by atoms with Crippen molar-refractivity contribution in [1.82, 2.24) is 14.8 Å². The van der Waals surface area contributed by atoms with Crippen LogP contribution in [0.5, 0.6) is 0 Å². The van der Waals surface area contributed by atoms with Gasteiger partial charge in [-0.2, -0.15) is 5.26 Å². The smallest absolute Gasteiger partial charge is 0.270 e. The van der Waals surface area contributed by atoms with E-state index in [1.807, 2.05) is 6.07 Å². The van der Waals surface area contributed by atoms with Crippen LogP contribution in [0.25, 0.3) is 0 Å². The Hall–Kier alpha value is -3.49. The quantitative estimate of drug-likeness (QED) is 0.575. The van der Waals surface area contributed by atoms with E-state index in [1.165, 1.54) is 21.6 Å². The van der Waals surface area contributed by atoms with Crippen LogP contribution in [0.15, 0.2) is 41.2 Å². The van der Waals surface area contributed by atoms with Crippen molar-refractivity contribution in [2.24, 2.45) is 0 Å². The SMILES string of the molecule is N#Cc1ccc(CNC(=O)c2ccc3n(c2=O)CCN(CC2(S(=O)(=O)C4CCOCC4)CC2)C3=O)cc1. The highest BCUT2D eigenvalue weighted by atomic mass is 32.2. The van der Waals surface area contributed by atoms with E-state index in [9.17, 15) is 22.8 Å². The van der Waals surface area contributed by atoms with Gasteiger partial charge in [0.15, 0.2) is 9.84 Å². The number of ether oxygens (including phenoxy) is 1. The van der Waals surface area contributed by atoms with Gasteiger partial charge in [0.1, 0.15) is 11.3 Å². The zero-order chi connectivity index (χ0) is 26.2. The number of carbonyl (C=O) groups excluding carboxylic acids is 2. The van der Waals surface area contributed by atoms with Crippen LogP contribution >= 0.6 is 0 Å². The normalized spacial score (nSPS) is 19.1. The summed E-state index contributed by atoms with van der Waals surface area (Å²) in [6, 6.07) is 11.6. The third-order valence-electron chi connectivity index (χ3n) is 7.55. The highest BCUT2D eigenvalue weighted by molar-refractivity contribution is 7.93. The van der Waals surface area contributed by atoms with Gasteiger partial charge in [0, 0.05) is 39.4 Å². The molecular formula is C26H28N4O6S. The van der Waals surface area contributed by atoms with Crippen molar-refractivity contribution in [2.45, 2.75) is 48.8 Å².